The van der Waals surface area contributed by atoms with Crippen molar-refractivity contribution in [1.29, 1.82) is 0 Å². The lowest BCUT2D eigenvalue weighted by atomic mass is 9.71. The number of carbonyl (C=O) groups is 1. The molecule has 3 heterocycles. The molecule has 4 rings (SSSR count). The highest BCUT2D eigenvalue weighted by Gasteiger charge is 2.44. The van der Waals surface area contributed by atoms with Crippen molar-refractivity contribution in [2.75, 3.05) is 13.1 Å². The third kappa shape index (κ3) is 2.67. The maximum absolute atomic E-state index is 13.0. The molecule has 1 saturated carbocycles. The van der Waals surface area contributed by atoms with Gasteiger partial charge in [0.05, 0.1) is 11.3 Å². The molecule has 6 heteroatoms. The molecule has 1 aliphatic heterocycles. The smallest absolute Gasteiger partial charge is 0.265 e. The molecule has 2 aromatic heterocycles. The first-order valence-corrected chi connectivity index (χ1v) is 9.51. The van der Waals surface area contributed by atoms with Crippen LogP contribution in [0.15, 0.2) is 24.5 Å². The highest BCUT2D eigenvalue weighted by Crippen LogP contribution is 2.40. The summed E-state index contributed by atoms with van der Waals surface area (Å²) in [5.74, 6) is 0.289. The fourth-order valence-corrected chi connectivity index (χ4v) is 5.05. The van der Waals surface area contributed by atoms with Crippen molar-refractivity contribution in [3.8, 4) is 5.13 Å². The number of rotatable bonds is 2. The maximum Gasteiger partial charge on any atom is 0.265 e. The summed E-state index contributed by atoms with van der Waals surface area (Å²) in [6.45, 7) is 3.21. The summed E-state index contributed by atoms with van der Waals surface area (Å²) in [7, 11) is 0. The van der Waals surface area contributed by atoms with Gasteiger partial charge in [-0.1, -0.05) is 24.2 Å². The van der Waals surface area contributed by atoms with Gasteiger partial charge in [0.2, 0.25) is 0 Å². The Morgan fingerprint density at radius 1 is 1.33 bits per heavy atom. The first-order chi connectivity index (χ1) is 11.6. The zero-order valence-electron chi connectivity index (χ0n) is 13.9. The number of nitrogens with zero attached hydrogens (tertiary/aromatic N) is 3. The van der Waals surface area contributed by atoms with Crippen molar-refractivity contribution in [3.63, 3.8) is 0 Å². The predicted octanol–water partition coefficient (Wildman–Crippen LogP) is 3.01. The monoisotopic (exact) mass is 345 g/mol. The molecule has 1 saturated heterocycles. The maximum atomic E-state index is 13.0. The summed E-state index contributed by atoms with van der Waals surface area (Å²) >= 11 is 1.45. The van der Waals surface area contributed by atoms with Gasteiger partial charge in [0.1, 0.15) is 4.88 Å². The molecule has 2 atom stereocenters. The number of fused-ring (bicyclic) bond motifs is 1. The Kier molecular flexibility index (Phi) is 3.96. The van der Waals surface area contributed by atoms with Crippen LogP contribution >= 0.6 is 11.3 Å². The van der Waals surface area contributed by atoms with Crippen LogP contribution in [0.5, 0.6) is 0 Å². The second kappa shape index (κ2) is 6.01. The van der Waals surface area contributed by atoms with E-state index in [0.717, 1.165) is 41.4 Å². The van der Waals surface area contributed by atoms with E-state index in [-0.39, 0.29) is 11.8 Å². The largest absolute Gasteiger partial charge is 0.389 e. The van der Waals surface area contributed by atoms with Crippen LogP contribution in [0.4, 0.5) is 0 Å². The third-order valence-electron chi connectivity index (χ3n) is 5.52. The zero-order valence-corrected chi connectivity index (χ0v) is 14.8. The highest BCUT2D eigenvalue weighted by molar-refractivity contribution is 7.16. The molecule has 1 amide bonds. The SMILES string of the molecule is Cc1nc(-n2cccc2)sc1C(=O)N1CC[C@]2(O)CCCC[C@@H]2C1. The second-order valence-electron chi connectivity index (χ2n) is 7.05. The summed E-state index contributed by atoms with van der Waals surface area (Å²) in [5, 5.41) is 11.6. The van der Waals surface area contributed by atoms with Gasteiger partial charge in [-0.15, -0.1) is 0 Å². The fraction of sp³-hybridized carbons (Fsp3) is 0.556. The minimum atomic E-state index is -0.548. The number of hydrogen-bond acceptors (Lipinski definition) is 4. The minimum absolute atomic E-state index is 0.0658. The van der Waals surface area contributed by atoms with Gasteiger partial charge in [0.15, 0.2) is 5.13 Å². The first kappa shape index (κ1) is 15.8. The first-order valence-electron chi connectivity index (χ1n) is 8.69. The fourth-order valence-electron chi connectivity index (χ4n) is 4.05. The highest BCUT2D eigenvalue weighted by atomic mass is 32.1. The molecule has 2 aromatic rings. The average Bonchev–Trinajstić information content (AvgIpc) is 3.22. The van der Waals surface area contributed by atoms with Crippen LogP contribution in [0.2, 0.25) is 0 Å². The van der Waals surface area contributed by atoms with E-state index in [2.05, 4.69) is 4.98 Å². The predicted molar refractivity (Wildman–Crippen MR) is 93.6 cm³/mol. The van der Waals surface area contributed by atoms with E-state index in [9.17, 15) is 9.90 Å². The van der Waals surface area contributed by atoms with Gasteiger partial charge in [-0.25, -0.2) is 4.98 Å². The van der Waals surface area contributed by atoms with Crippen LogP contribution < -0.4 is 0 Å². The van der Waals surface area contributed by atoms with E-state index in [4.69, 9.17) is 0 Å². The Balaban J connectivity index is 1.54. The van der Waals surface area contributed by atoms with E-state index < -0.39 is 5.60 Å². The van der Waals surface area contributed by atoms with E-state index in [1.165, 1.54) is 11.3 Å². The van der Waals surface area contributed by atoms with Crippen molar-refractivity contribution in [2.45, 2.75) is 44.6 Å². The average molecular weight is 345 g/mol. The molecule has 1 N–H and O–H groups in total. The summed E-state index contributed by atoms with van der Waals surface area (Å²) in [6, 6.07) is 3.90. The number of hydrogen-bond donors (Lipinski definition) is 1. The molecule has 0 spiro atoms. The van der Waals surface area contributed by atoms with Crippen LogP contribution in [0.25, 0.3) is 5.13 Å². The summed E-state index contributed by atoms with van der Waals surface area (Å²) < 4.78 is 1.94. The van der Waals surface area contributed by atoms with Crippen molar-refractivity contribution in [1.82, 2.24) is 14.5 Å². The number of amides is 1. The lowest BCUT2D eigenvalue weighted by molar-refractivity contribution is -0.0885. The Labute approximate surface area is 145 Å². The number of piperidine rings is 1. The Morgan fingerprint density at radius 2 is 2.12 bits per heavy atom. The molecule has 0 unspecified atom stereocenters. The molecule has 5 nitrogen and oxygen atoms in total. The lowest BCUT2D eigenvalue weighted by Gasteiger charge is -2.47. The number of aryl methyl sites for hydroxylation is 1. The molecule has 0 aromatic carbocycles. The van der Waals surface area contributed by atoms with Gasteiger partial charge < -0.3 is 14.6 Å². The van der Waals surface area contributed by atoms with Gasteiger partial charge in [0, 0.05) is 31.4 Å². The van der Waals surface area contributed by atoms with Crippen LogP contribution in [-0.2, 0) is 0 Å². The summed E-state index contributed by atoms with van der Waals surface area (Å²) in [5.41, 5.74) is 0.242. The standard InChI is InChI=1S/C18H23N3O2S/c1-13-15(24-17(19-13)20-9-4-5-10-20)16(22)21-11-8-18(23)7-3-2-6-14(18)12-21/h4-5,9-10,14,23H,2-3,6-8,11-12H2,1H3/t14-,18-/m1/s1. The Morgan fingerprint density at radius 3 is 2.92 bits per heavy atom. The number of thiazole rings is 1. The van der Waals surface area contributed by atoms with Gasteiger partial charge in [-0.3, -0.25) is 4.79 Å². The summed E-state index contributed by atoms with van der Waals surface area (Å²) in [4.78, 5) is 20.2. The second-order valence-corrected chi connectivity index (χ2v) is 8.03. The van der Waals surface area contributed by atoms with Gasteiger partial charge in [-0.05, 0) is 38.3 Å². The van der Waals surface area contributed by atoms with Crippen molar-refractivity contribution in [3.05, 3.63) is 35.1 Å². The molecule has 2 aliphatic rings. The quantitative estimate of drug-likeness (QED) is 0.910. The van der Waals surface area contributed by atoms with Crippen LogP contribution in [0.1, 0.15) is 47.5 Å². The number of aromatic nitrogens is 2. The molecule has 1 aliphatic carbocycles. The minimum Gasteiger partial charge on any atom is -0.389 e. The van der Waals surface area contributed by atoms with E-state index in [0.29, 0.717) is 19.5 Å². The Bertz CT molecular complexity index is 740. The molecule has 0 radical (unpaired) electrons. The molecule has 128 valence electrons. The van der Waals surface area contributed by atoms with Crippen LogP contribution in [-0.4, -0.2) is 44.2 Å². The van der Waals surface area contributed by atoms with Gasteiger partial charge in [0.25, 0.3) is 5.91 Å². The Hall–Kier alpha value is -1.66. The summed E-state index contributed by atoms with van der Waals surface area (Å²) in [6.07, 6.45) is 8.76. The molecule has 0 bridgehead atoms. The van der Waals surface area contributed by atoms with Crippen molar-refractivity contribution < 1.29 is 9.90 Å². The molecular weight excluding hydrogens is 322 g/mol. The normalized spacial score (nSPS) is 27.1. The van der Waals surface area contributed by atoms with Crippen molar-refractivity contribution >= 4 is 17.2 Å². The van der Waals surface area contributed by atoms with Crippen LogP contribution in [0.3, 0.4) is 0 Å². The number of carbonyl (C=O) groups excluding carboxylic acids is 1. The third-order valence-corrected chi connectivity index (χ3v) is 6.68. The molecular formula is C18H23N3O2S. The lowest BCUT2D eigenvalue weighted by Crippen LogP contribution is -2.54. The van der Waals surface area contributed by atoms with E-state index >= 15 is 0 Å². The van der Waals surface area contributed by atoms with Crippen molar-refractivity contribution in [2.24, 2.45) is 5.92 Å². The molecule has 2 fully saturated rings. The number of likely N-dealkylation sites (tertiary alicyclic amines) is 1. The molecule has 24 heavy (non-hydrogen) atoms. The van der Waals surface area contributed by atoms with Gasteiger partial charge >= 0.3 is 0 Å². The zero-order chi connectivity index (χ0) is 16.7. The van der Waals surface area contributed by atoms with E-state index in [1.54, 1.807) is 0 Å². The van der Waals surface area contributed by atoms with E-state index in [1.807, 2.05) is 40.9 Å². The van der Waals surface area contributed by atoms with Crippen LogP contribution in [0, 0.1) is 12.8 Å². The number of aliphatic hydroxyl groups is 1. The van der Waals surface area contributed by atoms with Gasteiger partial charge in [-0.2, -0.15) is 0 Å². The topological polar surface area (TPSA) is 58.4 Å².